The molecule has 0 saturated carbocycles. The minimum Gasteiger partial charge on any atom is -0.462 e. The van der Waals surface area contributed by atoms with Crippen LogP contribution >= 0.6 is 15.6 Å². The summed E-state index contributed by atoms with van der Waals surface area (Å²) >= 11 is 0. The fourth-order valence-electron chi connectivity index (χ4n) is 10.8. The third kappa shape index (κ3) is 63.9. The molecule has 0 amide bonds. The van der Waals surface area contributed by atoms with Crippen molar-refractivity contribution in [3.63, 3.8) is 0 Å². The number of phosphoric ester groups is 2. The van der Waals surface area contributed by atoms with Crippen molar-refractivity contribution in [3.8, 4) is 0 Å². The summed E-state index contributed by atoms with van der Waals surface area (Å²) in [4.78, 5) is 72.6. The van der Waals surface area contributed by atoms with Crippen LogP contribution in [0.3, 0.4) is 0 Å². The molecule has 0 rings (SSSR count). The number of esters is 4. The zero-order valence-electron chi connectivity index (χ0n) is 59.5. The largest absolute Gasteiger partial charge is 0.472 e. The van der Waals surface area contributed by atoms with E-state index in [0.717, 1.165) is 120 Å². The lowest BCUT2D eigenvalue weighted by Gasteiger charge is -2.21. The summed E-state index contributed by atoms with van der Waals surface area (Å²) in [6.07, 6.45) is 44.5. The standard InChI is InChI=1S/C72H140O17P2/c1-9-64(7)50-42-34-26-21-23-29-39-47-55-72(77)89-68(59-83-70(75)53-45-37-31-30-35-43-51-65(8)10-2)61-87-91(80,81)85-57-66(73)56-84-90(78,79)86-60-67(58-82-69(74)52-44-36-27-22-20-25-33-41-49-63(5)6)88-71(76)54-46-38-28-19-17-15-13-11-12-14-16-18-24-32-40-48-62(3)4/h62-68,73H,9-61H2,1-8H3,(H,78,79)(H,80,81)/t64?,65?,66-,67-,68-/m1/s1. The highest BCUT2D eigenvalue weighted by atomic mass is 31.2. The Balaban J connectivity index is 5.24. The average molecular weight is 1340 g/mol. The van der Waals surface area contributed by atoms with E-state index in [1.165, 1.54) is 154 Å². The average Bonchev–Trinajstić information content (AvgIpc) is 3.66. The molecule has 0 aliphatic carbocycles. The number of carbonyl (C=O) groups excluding carboxylic acids is 4. The molecule has 0 aromatic heterocycles. The van der Waals surface area contributed by atoms with E-state index in [-0.39, 0.29) is 25.7 Å². The molecule has 0 radical (unpaired) electrons. The highest BCUT2D eigenvalue weighted by Gasteiger charge is 2.30. The van der Waals surface area contributed by atoms with Crippen LogP contribution in [0.2, 0.25) is 0 Å². The van der Waals surface area contributed by atoms with Gasteiger partial charge < -0.3 is 33.8 Å². The summed E-state index contributed by atoms with van der Waals surface area (Å²) in [6.45, 7) is 14.1. The van der Waals surface area contributed by atoms with Gasteiger partial charge in [0.1, 0.15) is 19.3 Å². The number of carbonyl (C=O) groups is 4. The SMILES string of the molecule is CCC(C)CCCCCCCCCCC(=O)O[C@H](COC(=O)CCCCCCCCC(C)CC)COP(=O)(O)OC[C@H](O)COP(=O)(O)OC[C@@H](COC(=O)CCCCCCCCCCC(C)C)OC(=O)CCCCCCCCCCCCCCCCCC(C)C. The summed E-state index contributed by atoms with van der Waals surface area (Å²) in [5.41, 5.74) is 0. The van der Waals surface area contributed by atoms with E-state index < -0.39 is 97.5 Å². The number of aliphatic hydroxyl groups is 1. The van der Waals surface area contributed by atoms with Gasteiger partial charge in [-0.25, -0.2) is 9.13 Å². The Morgan fingerprint density at radius 3 is 0.780 bits per heavy atom. The van der Waals surface area contributed by atoms with Gasteiger partial charge in [0, 0.05) is 25.7 Å². The molecule has 4 unspecified atom stereocenters. The number of phosphoric acid groups is 2. The summed E-state index contributed by atoms with van der Waals surface area (Å²) < 4.78 is 68.3. The Hall–Kier alpha value is -1.94. The maximum atomic E-state index is 13.0. The number of rotatable bonds is 69. The van der Waals surface area contributed by atoms with Gasteiger partial charge in [0.2, 0.25) is 0 Å². The van der Waals surface area contributed by atoms with Crippen molar-refractivity contribution in [3.05, 3.63) is 0 Å². The molecule has 540 valence electrons. The molecule has 0 heterocycles. The summed E-state index contributed by atoms with van der Waals surface area (Å²) in [5.74, 6) is 0.900. The van der Waals surface area contributed by atoms with Gasteiger partial charge in [0.05, 0.1) is 26.4 Å². The predicted molar refractivity (Wildman–Crippen MR) is 367 cm³/mol. The number of ether oxygens (including phenoxy) is 4. The zero-order valence-corrected chi connectivity index (χ0v) is 61.3. The van der Waals surface area contributed by atoms with E-state index >= 15 is 0 Å². The lowest BCUT2D eigenvalue weighted by atomic mass is 9.99. The molecule has 91 heavy (non-hydrogen) atoms. The highest BCUT2D eigenvalue weighted by Crippen LogP contribution is 2.45. The van der Waals surface area contributed by atoms with Crippen molar-refractivity contribution in [1.29, 1.82) is 0 Å². The first-order chi connectivity index (χ1) is 43.7. The summed E-state index contributed by atoms with van der Waals surface area (Å²) in [5, 5.41) is 10.6. The van der Waals surface area contributed by atoms with Crippen molar-refractivity contribution in [2.45, 2.75) is 375 Å². The zero-order chi connectivity index (χ0) is 67.5. The van der Waals surface area contributed by atoms with E-state index in [4.69, 9.17) is 37.0 Å². The Bertz CT molecular complexity index is 1800. The van der Waals surface area contributed by atoms with Crippen LogP contribution in [-0.2, 0) is 65.4 Å². The predicted octanol–water partition coefficient (Wildman–Crippen LogP) is 20.5. The van der Waals surface area contributed by atoms with Crippen LogP contribution in [0.15, 0.2) is 0 Å². The van der Waals surface area contributed by atoms with E-state index in [9.17, 15) is 43.2 Å². The molecule has 0 aliphatic rings. The van der Waals surface area contributed by atoms with Crippen LogP contribution < -0.4 is 0 Å². The second kappa shape index (κ2) is 61.6. The number of hydrogen-bond acceptors (Lipinski definition) is 15. The fraction of sp³-hybridized carbons (Fsp3) is 0.944. The van der Waals surface area contributed by atoms with Gasteiger partial charge in [-0.1, -0.05) is 306 Å². The van der Waals surface area contributed by atoms with Crippen molar-refractivity contribution < 1.29 is 80.2 Å². The summed E-state index contributed by atoms with van der Waals surface area (Å²) in [6, 6.07) is 0. The molecular formula is C72H140O17P2. The van der Waals surface area contributed by atoms with Gasteiger partial charge in [0.25, 0.3) is 0 Å². The van der Waals surface area contributed by atoms with Gasteiger partial charge in [-0.05, 0) is 49.4 Å². The number of aliphatic hydroxyl groups excluding tert-OH is 1. The molecule has 3 N–H and O–H groups in total. The van der Waals surface area contributed by atoms with Gasteiger partial charge >= 0.3 is 39.5 Å². The molecule has 0 aromatic rings. The van der Waals surface area contributed by atoms with E-state index in [0.29, 0.717) is 25.7 Å². The summed E-state index contributed by atoms with van der Waals surface area (Å²) in [7, 11) is -9.91. The minimum absolute atomic E-state index is 0.104. The first-order valence-corrected chi connectivity index (χ1v) is 40.3. The Morgan fingerprint density at radius 1 is 0.308 bits per heavy atom. The van der Waals surface area contributed by atoms with Crippen LogP contribution in [0.5, 0.6) is 0 Å². The van der Waals surface area contributed by atoms with Crippen molar-refractivity contribution in [2.75, 3.05) is 39.6 Å². The Labute approximate surface area is 556 Å². The molecule has 19 heteroatoms. The maximum Gasteiger partial charge on any atom is 0.472 e. The minimum atomic E-state index is -4.95. The van der Waals surface area contributed by atoms with Crippen molar-refractivity contribution in [2.24, 2.45) is 23.7 Å². The molecule has 0 saturated heterocycles. The van der Waals surface area contributed by atoms with Crippen LogP contribution in [0.4, 0.5) is 0 Å². The fourth-order valence-corrected chi connectivity index (χ4v) is 12.4. The first-order valence-electron chi connectivity index (χ1n) is 37.3. The topological polar surface area (TPSA) is 237 Å². The molecule has 0 aliphatic heterocycles. The second-order valence-corrected chi connectivity index (χ2v) is 30.3. The van der Waals surface area contributed by atoms with Gasteiger partial charge in [-0.3, -0.25) is 37.3 Å². The molecule has 0 aromatic carbocycles. The van der Waals surface area contributed by atoms with Crippen LogP contribution in [-0.4, -0.2) is 96.7 Å². The molecule has 0 fully saturated rings. The van der Waals surface area contributed by atoms with E-state index in [1.54, 1.807) is 0 Å². The van der Waals surface area contributed by atoms with Gasteiger partial charge in [-0.15, -0.1) is 0 Å². The van der Waals surface area contributed by atoms with Crippen molar-refractivity contribution in [1.82, 2.24) is 0 Å². The smallest absolute Gasteiger partial charge is 0.462 e. The lowest BCUT2D eigenvalue weighted by Crippen LogP contribution is -2.30. The van der Waals surface area contributed by atoms with Gasteiger partial charge in [-0.2, -0.15) is 0 Å². The normalized spacial score (nSPS) is 14.8. The number of unbranched alkanes of at least 4 members (excludes halogenated alkanes) is 33. The monoisotopic (exact) mass is 1340 g/mol. The third-order valence-electron chi connectivity index (χ3n) is 17.3. The van der Waals surface area contributed by atoms with Crippen molar-refractivity contribution >= 4 is 39.5 Å². The van der Waals surface area contributed by atoms with E-state index in [1.807, 2.05) is 0 Å². The third-order valence-corrected chi connectivity index (χ3v) is 19.2. The van der Waals surface area contributed by atoms with Gasteiger partial charge in [0.15, 0.2) is 12.2 Å². The quantitative estimate of drug-likeness (QED) is 0.0222. The second-order valence-electron chi connectivity index (χ2n) is 27.4. The molecule has 0 spiro atoms. The maximum absolute atomic E-state index is 13.0. The van der Waals surface area contributed by atoms with Crippen LogP contribution in [0.25, 0.3) is 0 Å². The Morgan fingerprint density at radius 2 is 0.527 bits per heavy atom. The van der Waals surface area contributed by atoms with E-state index in [2.05, 4.69) is 55.4 Å². The lowest BCUT2D eigenvalue weighted by molar-refractivity contribution is -0.161. The highest BCUT2D eigenvalue weighted by molar-refractivity contribution is 7.47. The van der Waals surface area contributed by atoms with Crippen LogP contribution in [0.1, 0.15) is 357 Å². The molecule has 17 nitrogen and oxygen atoms in total. The van der Waals surface area contributed by atoms with Crippen LogP contribution in [0, 0.1) is 23.7 Å². The number of hydrogen-bond donors (Lipinski definition) is 3. The first kappa shape index (κ1) is 89.1. The molecular weight excluding hydrogens is 1200 g/mol. The molecule has 0 bridgehead atoms. The Kier molecular flexibility index (Phi) is 60.3. The molecule has 7 atom stereocenters.